The van der Waals surface area contributed by atoms with Crippen molar-refractivity contribution < 1.29 is 24.5 Å². The van der Waals surface area contributed by atoms with Gasteiger partial charge in [-0.3, -0.25) is 19.4 Å². The highest BCUT2D eigenvalue weighted by molar-refractivity contribution is 7.99. The average Bonchev–Trinajstić information content (AvgIpc) is 3.69. The zero-order valence-corrected chi connectivity index (χ0v) is 35.6. The number of ether oxygens (including phenoxy) is 1. The summed E-state index contributed by atoms with van der Waals surface area (Å²) in [5, 5.41) is 29.1. The minimum Gasteiger partial charge on any atom is -0.506 e. The van der Waals surface area contributed by atoms with Gasteiger partial charge in [-0.25, -0.2) is 0 Å². The van der Waals surface area contributed by atoms with Crippen LogP contribution >= 0.6 is 11.8 Å². The molecule has 0 spiro atoms. The van der Waals surface area contributed by atoms with Crippen LogP contribution in [0.15, 0.2) is 129 Å². The molecule has 6 aromatic rings. The number of allylic oxidation sites excluding steroid dienone is 2. The molecule has 0 radical (unpaired) electrons. The number of hydrogen-bond acceptors (Lipinski definition) is 10. The summed E-state index contributed by atoms with van der Waals surface area (Å²) in [5.41, 5.74) is 12.8. The van der Waals surface area contributed by atoms with Crippen molar-refractivity contribution in [1.82, 2.24) is 20.2 Å². The number of aryl methyl sites for hydroxylation is 1. The lowest BCUT2D eigenvalue weighted by atomic mass is 9.88. The predicted octanol–water partition coefficient (Wildman–Crippen LogP) is 8.65. The number of benzene rings is 4. The van der Waals surface area contributed by atoms with Crippen molar-refractivity contribution in [2.45, 2.75) is 61.3 Å². The SMILES string of the molecule is COc1cccc(Nc2c(C(N)=O)cnc3c(C)cc(Sc4cccc(C(=O)N5CCC6=C5C=C[C@H](CCCCCNC[C@H](O)c5ccc(O)c7[nH]c(=O)ccc57)C6)c4)cc23)c1. The lowest BCUT2D eigenvalue weighted by molar-refractivity contribution is 0.0822. The van der Waals surface area contributed by atoms with Crippen LogP contribution in [0.5, 0.6) is 11.5 Å². The Bertz CT molecular complexity index is 2800. The van der Waals surface area contributed by atoms with Crippen LogP contribution in [-0.4, -0.2) is 63.6 Å². The Morgan fingerprint density at radius 1 is 1.02 bits per heavy atom. The van der Waals surface area contributed by atoms with Crippen LogP contribution in [0.4, 0.5) is 11.4 Å². The van der Waals surface area contributed by atoms with E-state index in [4.69, 9.17) is 10.5 Å². The molecular weight excluding hydrogens is 801 g/mol. The summed E-state index contributed by atoms with van der Waals surface area (Å²) >= 11 is 1.54. The molecule has 1 aliphatic carbocycles. The molecule has 4 aromatic carbocycles. The first-order chi connectivity index (χ1) is 30.1. The van der Waals surface area contributed by atoms with Gasteiger partial charge in [-0.05, 0) is 122 Å². The average molecular weight is 851 g/mol. The number of unbranched alkanes of at least 4 members (excludes halogenated alkanes) is 2. The maximum Gasteiger partial charge on any atom is 0.258 e. The monoisotopic (exact) mass is 850 g/mol. The van der Waals surface area contributed by atoms with Gasteiger partial charge in [0.15, 0.2) is 0 Å². The number of anilines is 2. The molecule has 1 aliphatic heterocycles. The van der Waals surface area contributed by atoms with Gasteiger partial charge < -0.3 is 41.2 Å². The smallest absolute Gasteiger partial charge is 0.258 e. The Morgan fingerprint density at radius 2 is 1.87 bits per heavy atom. The molecule has 62 heavy (non-hydrogen) atoms. The van der Waals surface area contributed by atoms with Gasteiger partial charge in [0, 0.05) is 68.9 Å². The number of aromatic amines is 1. The van der Waals surface area contributed by atoms with Crippen LogP contribution in [0.2, 0.25) is 0 Å². The number of amides is 2. The number of primary amides is 1. The molecule has 2 atom stereocenters. The van der Waals surface area contributed by atoms with Crippen LogP contribution in [0.1, 0.15) is 76.5 Å². The van der Waals surface area contributed by atoms with E-state index >= 15 is 0 Å². The Labute approximate surface area is 363 Å². The second-order valence-corrected chi connectivity index (χ2v) is 17.1. The van der Waals surface area contributed by atoms with Gasteiger partial charge in [-0.15, -0.1) is 0 Å². The van der Waals surface area contributed by atoms with Crippen LogP contribution < -0.4 is 26.7 Å². The lowest BCUT2D eigenvalue weighted by Crippen LogP contribution is -2.27. The highest BCUT2D eigenvalue weighted by Gasteiger charge is 2.30. The number of nitrogens with one attached hydrogen (secondary N) is 3. The number of carbonyl (C=O) groups excluding carboxylic acids is 2. The maximum absolute atomic E-state index is 14.0. The normalized spacial score (nSPS) is 15.3. The number of aliphatic hydroxyl groups excluding tert-OH is 1. The Morgan fingerprint density at radius 3 is 2.71 bits per heavy atom. The predicted molar refractivity (Wildman–Crippen MR) is 244 cm³/mol. The molecule has 12 nitrogen and oxygen atoms in total. The molecule has 0 fully saturated rings. The van der Waals surface area contributed by atoms with Crippen molar-refractivity contribution in [2.75, 3.05) is 32.1 Å². The minimum absolute atomic E-state index is 0.0125. The number of rotatable bonds is 16. The molecule has 8 rings (SSSR count). The van der Waals surface area contributed by atoms with Gasteiger partial charge in [0.25, 0.3) is 11.8 Å². The van der Waals surface area contributed by atoms with Crippen LogP contribution in [-0.2, 0) is 0 Å². The first-order valence-electron chi connectivity index (χ1n) is 20.9. The summed E-state index contributed by atoms with van der Waals surface area (Å²) in [6.07, 6.45) is 11.2. The zero-order chi connectivity index (χ0) is 43.3. The fourth-order valence-corrected chi connectivity index (χ4v) is 9.53. The number of aromatic nitrogens is 2. The molecule has 0 unspecified atom stereocenters. The Kier molecular flexibility index (Phi) is 12.7. The number of phenols is 1. The van der Waals surface area contributed by atoms with Crippen molar-refractivity contribution in [3.8, 4) is 11.5 Å². The van der Waals surface area contributed by atoms with E-state index in [-0.39, 0.29) is 22.8 Å². The third kappa shape index (κ3) is 9.25. The first-order valence-corrected chi connectivity index (χ1v) is 21.8. The molecule has 2 amide bonds. The minimum atomic E-state index is -0.776. The summed E-state index contributed by atoms with van der Waals surface area (Å²) in [6, 6.07) is 25.5. The largest absolute Gasteiger partial charge is 0.506 e. The van der Waals surface area contributed by atoms with Crippen LogP contribution in [0, 0.1) is 12.8 Å². The van der Waals surface area contributed by atoms with E-state index in [0.29, 0.717) is 52.5 Å². The second kappa shape index (κ2) is 18.7. The van der Waals surface area contributed by atoms with Gasteiger partial charge >= 0.3 is 0 Å². The fourth-order valence-electron chi connectivity index (χ4n) is 8.51. The Hall–Kier alpha value is -6.41. The van der Waals surface area contributed by atoms with Gasteiger partial charge in [0.05, 0.1) is 35.5 Å². The number of phenolic OH excluding ortho intramolecular Hbond substituents is 1. The molecule has 0 bridgehead atoms. The van der Waals surface area contributed by atoms with E-state index in [1.165, 1.54) is 23.9 Å². The second-order valence-electron chi connectivity index (χ2n) is 15.9. The molecule has 2 aliphatic rings. The lowest BCUT2D eigenvalue weighted by Gasteiger charge is -2.23. The number of fused-ring (bicyclic) bond motifs is 2. The summed E-state index contributed by atoms with van der Waals surface area (Å²) in [7, 11) is 1.60. The summed E-state index contributed by atoms with van der Waals surface area (Å²) in [5.74, 6) is 0.493. The maximum atomic E-state index is 14.0. The van der Waals surface area contributed by atoms with Crippen LogP contribution in [0.3, 0.4) is 0 Å². The third-order valence-electron chi connectivity index (χ3n) is 11.7. The molecule has 0 saturated heterocycles. The van der Waals surface area contributed by atoms with E-state index < -0.39 is 12.0 Å². The van der Waals surface area contributed by atoms with E-state index in [2.05, 4.69) is 38.8 Å². The summed E-state index contributed by atoms with van der Waals surface area (Å²) in [6.45, 7) is 3.79. The molecular formula is C49H50N6O6S. The van der Waals surface area contributed by atoms with Gasteiger partial charge in [0.1, 0.15) is 11.5 Å². The zero-order valence-electron chi connectivity index (χ0n) is 34.7. The quantitative estimate of drug-likeness (QED) is 0.0516. The van der Waals surface area contributed by atoms with Crippen molar-refractivity contribution in [1.29, 1.82) is 0 Å². The fraction of sp³-hybridized carbons (Fsp3) is 0.265. The number of nitrogens with zero attached hydrogens (tertiary/aromatic N) is 2. The number of nitrogens with two attached hydrogens (primary N) is 1. The van der Waals surface area contributed by atoms with E-state index in [1.807, 2.05) is 66.4 Å². The Balaban J connectivity index is 0.850. The molecule has 0 saturated carbocycles. The number of hydrogen-bond donors (Lipinski definition) is 6. The number of aliphatic hydroxyl groups is 1. The van der Waals surface area contributed by atoms with Gasteiger partial charge in [0.2, 0.25) is 5.56 Å². The van der Waals surface area contributed by atoms with Crippen molar-refractivity contribution >= 4 is 56.8 Å². The van der Waals surface area contributed by atoms with E-state index in [0.717, 1.165) is 82.7 Å². The standard InChI is InChI=1S/C49H50N6O6S/c1-29-22-36(26-39-45(29)52-27-40(48(50)59)46(39)53-33-10-7-11-34(25-33)61-2)62-35-12-6-9-32(24-35)49(60)55-21-19-31-23-30(13-16-41(31)55)8-4-3-5-20-51-28-43(57)37-14-17-42(56)47-38(37)15-18-44(58)54-47/h6-7,9-18,22,24-27,30,43,51,56-57H,3-5,8,19-21,23,28H2,1-2H3,(H2,50,59)(H,52,53)(H,54,58)/t30-,43-/m0/s1. The summed E-state index contributed by atoms with van der Waals surface area (Å²) < 4.78 is 5.41. The molecule has 7 N–H and O–H groups in total. The molecule has 13 heteroatoms. The molecule has 318 valence electrons. The highest BCUT2D eigenvalue weighted by Crippen LogP contribution is 2.39. The number of methoxy groups -OCH3 is 1. The van der Waals surface area contributed by atoms with Crippen molar-refractivity contribution in [3.63, 3.8) is 0 Å². The van der Waals surface area contributed by atoms with E-state index in [9.17, 15) is 24.6 Å². The topological polar surface area (TPSA) is 183 Å². The third-order valence-corrected chi connectivity index (χ3v) is 12.6. The number of H-pyrrole nitrogens is 1. The first kappa shape index (κ1) is 42.3. The van der Waals surface area contributed by atoms with Gasteiger partial charge in [-0.2, -0.15) is 0 Å². The van der Waals surface area contributed by atoms with Gasteiger partial charge in [-0.1, -0.05) is 48.9 Å². The number of carbonyl (C=O) groups is 2. The number of pyridine rings is 2. The highest BCUT2D eigenvalue weighted by atomic mass is 32.2. The van der Waals surface area contributed by atoms with E-state index in [1.54, 1.807) is 31.0 Å². The summed E-state index contributed by atoms with van der Waals surface area (Å²) in [4.78, 5) is 49.3. The van der Waals surface area contributed by atoms with Crippen molar-refractivity contribution in [3.05, 3.63) is 147 Å². The molecule has 2 aromatic heterocycles. The van der Waals surface area contributed by atoms with Crippen LogP contribution in [0.25, 0.3) is 21.8 Å². The number of aromatic hydroxyl groups is 1. The van der Waals surface area contributed by atoms with Crippen molar-refractivity contribution in [2.24, 2.45) is 11.7 Å². The molecule has 3 heterocycles.